The Hall–Kier alpha value is -4.39. The quantitative estimate of drug-likeness (QED) is 0.108. The lowest BCUT2D eigenvalue weighted by molar-refractivity contribution is -0.142. The summed E-state index contributed by atoms with van der Waals surface area (Å²) in [5.41, 5.74) is 2.32. The highest BCUT2D eigenvalue weighted by Crippen LogP contribution is 2.42. The second-order valence-electron chi connectivity index (χ2n) is 9.31. The van der Waals surface area contributed by atoms with Crippen molar-refractivity contribution in [2.75, 3.05) is 18.1 Å². The molecule has 1 amide bonds. The average molecular weight is 528 g/mol. The Kier molecular flexibility index (Phi) is 9.15. The molecule has 3 aromatic rings. The molecule has 0 bridgehead atoms. The highest BCUT2D eigenvalue weighted by molar-refractivity contribution is 6.51. The number of ether oxygens (including phenoxy) is 2. The molecule has 0 saturated carbocycles. The highest BCUT2D eigenvalue weighted by Gasteiger charge is 2.46. The van der Waals surface area contributed by atoms with E-state index in [0.717, 1.165) is 24.8 Å². The predicted octanol–water partition coefficient (Wildman–Crippen LogP) is 5.99. The lowest BCUT2D eigenvalue weighted by Gasteiger charge is -2.25. The molecule has 1 heterocycles. The fourth-order valence-corrected chi connectivity index (χ4v) is 4.61. The Labute approximate surface area is 228 Å². The second kappa shape index (κ2) is 12.9. The summed E-state index contributed by atoms with van der Waals surface area (Å²) in [5.74, 6) is -1.42. The number of amides is 1. The van der Waals surface area contributed by atoms with E-state index in [1.54, 1.807) is 55.5 Å². The number of carbonyl (C=O) groups excluding carboxylic acids is 3. The number of rotatable bonds is 11. The third-order valence-corrected chi connectivity index (χ3v) is 6.57. The van der Waals surface area contributed by atoms with Crippen LogP contribution in [0.15, 0.2) is 84.4 Å². The first-order valence-corrected chi connectivity index (χ1v) is 13.3. The fourth-order valence-electron chi connectivity index (χ4n) is 4.61. The number of aliphatic hydroxyl groups excluding tert-OH is 1. The Morgan fingerprint density at radius 2 is 1.59 bits per heavy atom. The molecule has 4 rings (SSSR count). The van der Waals surface area contributed by atoms with Crippen molar-refractivity contribution < 1.29 is 29.0 Å². The third kappa shape index (κ3) is 6.37. The average Bonchev–Trinajstić information content (AvgIpc) is 3.22. The maximum Gasteiger partial charge on any atom is 0.310 e. The van der Waals surface area contributed by atoms with Gasteiger partial charge in [0.2, 0.25) is 0 Å². The number of Topliss-reactive ketones (excluding diaryl/α,β-unsaturated/α-hetero) is 1. The minimum Gasteiger partial charge on any atom is -0.507 e. The normalized spacial score (nSPS) is 16.4. The van der Waals surface area contributed by atoms with Crippen LogP contribution in [-0.2, 0) is 25.5 Å². The van der Waals surface area contributed by atoms with Gasteiger partial charge in [0.05, 0.1) is 31.2 Å². The Morgan fingerprint density at radius 1 is 0.897 bits per heavy atom. The SMILES string of the molecule is CCCCCOc1ccc(/C(O)=C2\C(=O)C(=O)N(c3ccc(CC(=O)OCC)cc3)C2c2ccccc2)cc1. The van der Waals surface area contributed by atoms with Gasteiger partial charge in [0.15, 0.2) is 0 Å². The van der Waals surface area contributed by atoms with Crippen molar-refractivity contribution in [3.05, 3.63) is 101 Å². The molecular formula is C32H33NO6. The van der Waals surface area contributed by atoms with Crippen molar-refractivity contribution in [3.63, 3.8) is 0 Å². The van der Waals surface area contributed by atoms with Gasteiger partial charge >= 0.3 is 5.97 Å². The van der Waals surface area contributed by atoms with Crippen molar-refractivity contribution >= 4 is 29.1 Å². The zero-order valence-corrected chi connectivity index (χ0v) is 22.3. The topological polar surface area (TPSA) is 93.1 Å². The number of aliphatic hydroxyl groups is 1. The molecule has 1 saturated heterocycles. The van der Waals surface area contributed by atoms with Gasteiger partial charge in [-0.3, -0.25) is 19.3 Å². The summed E-state index contributed by atoms with van der Waals surface area (Å²) in [5, 5.41) is 11.3. The summed E-state index contributed by atoms with van der Waals surface area (Å²) in [6.07, 6.45) is 3.26. The summed E-state index contributed by atoms with van der Waals surface area (Å²) in [7, 11) is 0. The van der Waals surface area contributed by atoms with Crippen molar-refractivity contribution in [2.45, 2.75) is 45.6 Å². The summed E-state index contributed by atoms with van der Waals surface area (Å²) in [6, 6.07) is 22.0. The number of anilines is 1. The van der Waals surface area contributed by atoms with Gasteiger partial charge < -0.3 is 14.6 Å². The van der Waals surface area contributed by atoms with E-state index in [1.165, 1.54) is 4.90 Å². The number of hydrogen-bond acceptors (Lipinski definition) is 6. The molecule has 1 atom stereocenters. The Bertz CT molecular complexity index is 1330. The van der Waals surface area contributed by atoms with Crippen LogP contribution in [0.5, 0.6) is 5.75 Å². The zero-order chi connectivity index (χ0) is 27.8. The van der Waals surface area contributed by atoms with E-state index in [0.29, 0.717) is 35.8 Å². The van der Waals surface area contributed by atoms with E-state index in [-0.39, 0.29) is 23.7 Å². The molecule has 0 aliphatic carbocycles. The minimum atomic E-state index is -0.827. The summed E-state index contributed by atoms with van der Waals surface area (Å²) >= 11 is 0. The minimum absolute atomic E-state index is 0.0124. The summed E-state index contributed by atoms with van der Waals surface area (Å²) in [6.45, 7) is 4.79. The number of carbonyl (C=O) groups is 3. The van der Waals surface area contributed by atoms with Crippen LogP contribution in [0.1, 0.15) is 55.8 Å². The van der Waals surface area contributed by atoms with E-state index in [4.69, 9.17) is 9.47 Å². The molecule has 1 aliphatic rings. The standard InChI is InChI=1S/C32H33NO6/c1-3-5-9-20-39-26-18-14-24(15-19-26)30(35)28-29(23-10-7-6-8-11-23)33(32(37)31(28)36)25-16-12-22(13-17-25)21-27(34)38-4-2/h6-8,10-19,29,35H,3-5,9,20-21H2,1-2H3/b30-28+. The molecule has 7 nitrogen and oxygen atoms in total. The van der Waals surface area contributed by atoms with Crippen LogP contribution in [0.3, 0.4) is 0 Å². The van der Waals surface area contributed by atoms with Crippen molar-refractivity contribution in [1.29, 1.82) is 0 Å². The van der Waals surface area contributed by atoms with Crippen LogP contribution in [0.4, 0.5) is 5.69 Å². The van der Waals surface area contributed by atoms with Gasteiger partial charge in [0.25, 0.3) is 11.7 Å². The fraction of sp³-hybridized carbons (Fsp3) is 0.281. The number of hydrogen-bond donors (Lipinski definition) is 1. The number of unbranched alkanes of at least 4 members (excludes halogenated alkanes) is 2. The van der Waals surface area contributed by atoms with E-state index in [9.17, 15) is 19.5 Å². The number of ketones is 1. The van der Waals surface area contributed by atoms with Gasteiger partial charge in [0, 0.05) is 11.3 Å². The van der Waals surface area contributed by atoms with Crippen molar-refractivity contribution in [2.24, 2.45) is 0 Å². The molecule has 0 spiro atoms. The molecule has 1 aliphatic heterocycles. The maximum absolute atomic E-state index is 13.3. The second-order valence-corrected chi connectivity index (χ2v) is 9.31. The van der Waals surface area contributed by atoms with Gasteiger partial charge in [-0.25, -0.2) is 0 Å². The number of esters is 1. The van der Waals surface area contributed by atoms with Gasteiger partial charge in [0.1, 0.15) is 11.5 Å². The number of benzene rings is 3. The first-order chi connectivity index (χ1) is 18.9. The lowest BCUT2D eigenvalue weighted by Crippen LogP contribution is -2.29. The predicted molar refractivity (Wildman–Crippen MR) is 149 cm³/mol. The summed E-state index contributed by atoms with van der Waals surface area (Å²) in [4.78, 5) is 39.9. The van der Waals surface area contributed by atoms with E-state index in [1.807, 2.05) is 30.3 Å². The van der Waals surface area contributed by atoms with Crippen LogP contribution in [0.25, 0.3) is 5.76 Å². The lowest BCUT2D eigenvalue weighted by atomic mass is 9.95. The molecule has 0 radical (unpaired) electrons. The zero-order valence-electron chi connectivity index (χ0n) is 22.3. The molecule has 3 aromatic carbocycles. The van der Waals surface area contributed by atoms with Crippen molar-refractivity contribution in [1.82, 2.24) is 0 Å². The molecule has 1 unspecified atom stereocenters. The van der Waals surface area contributed by atoms with E-state index >= 15 is 0 Å². The third-order valence-electron chi connectivity index (χ3n) is 6.57. The van der Waals surface area contributed by atoms with Crippen LogP contribution >= 0.6 is 0 Å². The summed E-state index contributed by atoms with van der Waals surface area (Å²) < 4.78 is 10.8. The van der Waals surface area contributed by atoms with Gasteiger partial charge in [-0.1, -0.05) is 62.2 Å². The van der Waals surface area contributed by atoms with Gasteiger partial charge in [-0.15, -0.1) is 0 Å². The molecular weight excluding hydrogens is 494 g/mol. The molecule has 39 heavy (non-hydrogen) atoms. The smallest absolute Gasteiger partial charge is 0.310 e. The van der Waals surface area contributed by atoms with E-state index in [2.05, 4.69) is 6.92 Å². The van der Waals surface area contributed by atoms with Crippen LogP contribution < -0.4 is 9.64 Å². The first kappa shape index (κ1) is 27.6. The van der Waals surface area contributed by atoms with Crippen molar-refractivity contribution in [3.8, 4) is 5.75 Å². The number of nitrogens with zero attached hydrogens (tertiary/aromatic N) is 1. The molecule has 7 heteroatoms. The van der Waals surface area contributed by atoms with Gasteiger partial charge in [-0.2, -0.15) is 0 Å². The molecule has 1 N–H and O–H groups in total. The van der Waals surface area contributed by atoms with Crippen LogP contribution in [0.2, 0.25) is 0 Å². The van der Waals surface area contributed by atoms with Crippen LogP contribution in [-0.4, -0.2) is 36.0 Å². The highest BCUT2D eigenvalue weighted by atomic mass is 16.5. The Morgan fingerprint density at radius 3 is 2.23 bits per heavy atom. The molecule has 202 valence electrons. The van der Waals surface area contributed by atoms with Crippen LogP contribution in [0, 0.1) is 0 Å². The molecule has 1 fully saturated rings. The monoisotopic (exact) mass is 527 g/mol. The van der Waals surface area contributed by atoms with Gasteiger partial charge in [-0.05, 0) is 60.9 Å². The largest absolute Gasteiger partial charge is 0.507 e. The molecule has 0 aromatic heterocycles. The van der Waals surface area contributed by atoms with E-state index < -0.39 is 17.7 Å². The Balaban J connectivity index is 1.68. The first-order valence-electron chi connectivity index (χ1n) is 13.3. The maximum atomic E-state index is 13.3.